The number of amides is 1. The van der Waals surface area contributed by atoms with Gasteiger partial charge in [0.25, 0.3) is 5.91 Å². The second-order valence-electron chi connectivity index (χ2n) is 7.11. The van der Waals surface area contributed by atoms with Gasteiger partial charge in [0.2, 0.25) is 0 Å². The van der Waals surface area contributed by atoms with Gasteiger partial charge in [-0.25, -0.2) is 0 Å². The highest BCUT2D eigenvalue weighted by Gasteiger charge is 2.43. The van der Waals surface area contributed by atoms with Gasteiger partial charge in [-0.1, -0.05) is 0 Å². The first-order valence-electron chi connectivity index (χ1n) is 8.83. The third-order valence-corrected chi connectivity index (χ3v) is 5.67. The number of hydrogen-bond acceptors (Lipinski definition) is 3. The molecule has 2 aromatic heterocycles. The van der Waals surface area contributed by atoms with Crippen molar-refractivity contribution in [3.8, 4) is 0 Å². The molecule has 2 fully saturated rings. The maximum absolute atomic E-state index is 12.5. The number of likely N-dealkylation sites (tertiary alicyclic amines) is 2. The zero-order valence-corrected chi connectivity index (χ0v) is 14.2. The lowest BCUT2D eigenvalue weighted by Gasteiger charge is -2.45. The van der Waals surface area contributed by atoms with E-state index in [4.69, 9.17) is 0 Å². The summed E-state index contributed by atoms with van der Waals surface area (Å²) in [6.45, 7) is 3.75. The van der Waals surface area contributed by atoms with Crippen LogP contribution >= 0.6 is 0 Å². The number of rotatable bonds is 3. The van der Waals surface area contributed by atoms with E-state index in [1.54, 1.807) is 0 Å². The van der Waals surface area contributed by atoms with Crippen molar-refractivity contribution in [1.82, 2.24) is 24.6 Å². The predicted molar refractivity (Wildman–Crippen MR) is 91.5 cm³/mol. The van der Waals surface area contributed by atoms with Crippen LogP contribution in [0.15, 0.2) is 30.6 Å². The molecule has 1 amide bonds. The fourth-order valence-electron chi connectivity index (χ4n) is 4.31. The number of aromatic nitrogens is 3. The highest BCUT2D eigenvalue weighted by molar-refractivity contribution is 5.92. The summed E-state index contributed by atoms with van der Waals surface area (Å²) in [6, 6.07) is 5.84. The van der Waals surface area contributed by atoms with Gasteiger partial charge in [-0.3, -0.25) is 14.4 Å². The van der Waals surface area contributed by atoms with E-state index in [1.807, 2.05) is 41.2 Å². The van der Waals surface area contributed by atoms with Gasteiger partial charge in [-0.2, -0.15) is 5.10 Å². The van der Waals surface area contributed by atoms with Gasteiger partial charge in [0.05, 0.1) is 5.69 Å². The van der Waals surface area contributed by atoms with Gasteiger partial charge >= 0.3 is 0 Å². The summed E-state index contributed by atoms with van der Waals surface area (Å²) in [5.74, 6) is 0.129. The van der Waals surface area contributed by atoms with E-state index in [1.165, 1.54) is 12.8 Å². The minimum atomic E-state index is 0.129. The van der Waals surface area contributed by atoms with Crippen molar-refractivity contribution in [2.75, 3.05) is 19.6 Å². The Bertz CT molecular complexity index is 697. The molecule has 6 nitrogen and oxygen atoms in total. The third kappa shape index (κ3) is 2.75. The number of carbonyl (C=O) groups is 1. The zero-order valence-electron chi connectivity index (χ0n) is 14.2. The number of hydrogen-bond donors (Lipinski definition) is 1. The van der Waals surface area contributed by atoms with Crippen molar-refractivity contribution in [2.24, 2.45) is 7.05 Å². The molecule has 6 heteroatoms. The Labute approximate surface area is 142 Å². The van der Waals surface area contributed by atoms with Crippen molar-refractivity contribution in [2.45, 2.75) is 37.8 Å². The Balaban J connectivity index is 1.42. The Hall–Kier alpha value is -2.08. The summed E-state index contributed by atoms with van der Waals surface area (Å²) in [5, 5.41) is 4.54. The molecule has 0 saturated carbocycles. The second kappa shape index (κ2) is 6.09. The first kappa shape index (κ1) is 15.4. The molecule has 1 N–H and O–H groups in total. The van der Waals surface area contributed by atoms with Gasteiger partial charge in [0.1, 0.15) is 5.69 Å². The van der Waals surface area contributed by atoms with Crippen molar-refractivity contribution in [3.05, 3.63) is 42.0 Å². The Morgan fingerprint density at radius 1 is 1.25 bits per heavy atom. The number of carbonyl (C=O) groups excluding carboxylic acids is 1. The lowest BCUT2D eigenvalue weighted by Crippen LogP contribution is -2.53. The molecule has 128 valence electrons. The Kier molecular flexibility index (Phi) is 3.92. The third-order valence-electron chi connectivity index (χ3n) is 5.67. The fraction of sp³-hybridized carbons (Fsp3) is 0.556. The predicted octanol–water partition coefficient (Wildman–Crippen LogP) is 2.02. The monoisotopic (exact) mass is 327 g/mol. The molecule has 0 aliphatic carbocycles. The van der Waals surface area contributed by atoms with E-state index in [0.717, 1.165) is 44.7 Å². The summed E-state index contributed by atoms with van der Waals surface area (Å²) in [7, 11) is 1.97. The van der Waals surface area contributed by atoms with Crippen LogP contribution in [0.2, 0.25) is 0 Å². The average Bonchev–Trinajstić information content (AvgIpc) is 3.32. The van der Waals surface area contributed by atoms with Crippen LogP contribution in [0.1, 0.15) is 41.9 Å². The summed E-state index contributed by atoms with van der Waals surface area (Å²) in [6.07, 6.45) is 8.43. The molecular weight excluding hydrogens is 302 g/mol. The summed E-state index contributed by atoms with van der Waals surface area (Å²) in [5.41, 5.74) is 2.09. The van der Waals surface area contributed by atoms with Crippen molar-refractivity contribution in [1.29, 1.82) is 0 Å². The maximum Gasteiger partial charge on any atom is 0.270 e. The van der Waals surface area contributed by atoms with E-state index >= 15 is 0 Å². The molecule has 0 aromatic carbocycles. The van der Waals surface area contributed by atoms with Gasteiger partial charge in [0, 0.05) is 44.6 Å². The first-order valence-corrected chi connectivity index (χ1v) is 8.83. The molecule has 24 heavy (non-hydrogen) atoms. The van der Waals surface area contributed by atoms with Crippen LogP contribution in [0, 0.1) is 0 Å². The molecule has 4 heterocycles. The van der Waals surface area contributed by atoms with E-state index < -0.39 is 0 Å². The molecule has 0 atom stereocenters. The van der Waals surface area contributed by atoms with Gasteiger partial charge in [-0.15, -0.1) is 0 Å². The van der Waals surface area contributed by atoms with Crippen LogP contribution in [0.4, 0.5) is 0 Å². The van der Waals surface area contributed by atoms with E-state index in [0.29, 0.717) is 5.69 Å². The van der Waals surface area contributed by atoms with Crippen LogP contribution in [0.25, 0.3) is 0 Å². The molecule has 2 aliphatic rings. The minimum Gasteiger partial charge on any atom is -0.357 e. The van der Waals surface area contributed by atoms with Gasteiger partial charge in [0.15, 0.2) is 0 Å². The average molecular weight is 327 g/mol. The lowest BCUT2D eigenvalue weighted by atomic mass is 9.84. The van der Waals surface area contributed by atoms with E-state index in [-0.39, 0.29) is 11.4 Å². The Morgan fingerprint density at radius 2 is 2.08 bits per heavy atom. The normalized spacial score (nSPS) is 20.8. The molecule has 0 radical (unpaired) electrons. The zero-order chi connectivity index (χ0) is 16.6. The highest BCUT2D eigenvalue weighted by atomic mass is 16.2. The van der Waals surface area contributed by atoms with Crippen LogP contribution in [0.5, 0.6) is 0 Å². The summed E-state index contributed by atoms with van der Waals surface area (Å²) in [4.78, 5) is 20.1. The molecular formula is C18H25N5O. The quantitative estimate of drug-likeness (QED) is 0.938. The van der Waals surface area contributed by atoms with Crippen molar-refractivity contribution >= 4 is 5.91 Å². The molecule has 4 rings (SSSR count). The van der Waals surface area contributed by atoms with E-state index in [2.05, 4.69) is 21.0 Å². The van der Waals surface area contributed by atoms with Crippen LogP contribution in [0.3, 0.4) is 0 Å². The minimum absolute atomic E-state index is 0.129. The molecule has 2 aromatic rings. The van der Waals surface area contributed by atoms with Crippen LogP contribution in [-0.4, -0.2) is 55.6 Å². The molecule has 0 bridgehead atoms. The first-order chi connectivity index (χ1) is 11.7. The number of nitrogens with one attached hydrogen (secondary N) is 1. The number of piperidine rings is 1. The van der Waals surface area contributed by atoms with Gasteiger partial charge in [-0.05, 0) is 50.4 Å². The van der Waals surface area contributed by atoms with Crippen molar-refractivity contribution in [3.63, 3.8) is 0 Å². The fourth-order valence-corrected chi connectivity index (χ4v) is 4.31. The summed E-state index contributed by atoms with van der Waals surface area (Å²) >= 11 is 0. The SMILES string of the molecule is Cn1ccc(CN2CCCC23CCN(C(=O)c2ccc[nH]2)CC3)n1. The highest BCUT2D eigenvalue weighted by Crippen LogP contribution is 2.39. The number of nitrogens with zero attached hydrogens (tertiary/aromatic N) is 4. The number of H-pyrrole nitrogens is 1. The van der Waals surface area contributed by atoms with Crippen LogP contribution < -0.4 is 0 Å². The topological polar surface area (TPSA) is 57.2 Å². The molecule has 2 aliphatic heterocycles. The number of aromatic amines is 1. The van der Waals surface area contributed by atoms with E-state index in [9.17, 15) is 4.79 Å². The maximum atomic E-state index is 12.5. The van der Waals surface area contributed by atoms with Gasteiger partial charge < -0.3 is 9.88 Å². The molecule has 2 saturated heterocycles. The van der Waals surface area contributed by atoms with Crippen LogP contribution in [-0.2, 0) is 13.6 Å². The lowest BCUT2D eigenvalue weighted by molar-refractivity contribution is 0.0375. The molecule has 1 spiro atoms. The largest absolute Gasteiger partial charge is 0.357 e. The Morgan fingerprint density at radius 3 is 2.75 bits per heavy atom. The standard InChI is InChI=1S/C18H25N5O/c1-21-11-5-15(20-21)14-23-10-3-6-18(23)7-12-22(13-8-18)17(24)16-4-2-9-19-16/h2,4-5,9,11,19H,3,6-8,10,12-14H2,1H3. The summed E-state index contributed by atoms with van der Waals surface area (Å²) < 4.78 is 1.87. The molecule has 0 unspecified atom stereocenters. The second-order valence-corrected chi connectivity index (χ2v) is 7.11. The van der Waals surface area contributed by atoms with Crippen molar-refractivity contribution < 1.29 is 4.79 Å². The smallest absolute Gasteiger partial charge is 0.270 e. The number of aryl methyl sites for hydroxylation is 1.